The van der Waals surface area contributed by atoms with Crippen LogP contribution in [0.2, 0.25) is 0 Å². The van der Waals surface area contributed by atoms with Gasteiger partial charge in [0.15, 0.2) is 0 Å². The minimum atomic E-state index is -4.54. The third-order valence-corrected chi connectivity index (χ3v) is 6.78. The molecule has 196 valence electrons. The number of ether oxygens (including phenoxy) is 1. The molecule has 4 aromatic rings. The first-order valence-electron chi connectivity index (χ1n) is 12.5. The van der Waals surface area contributed by atoms with Gasteiger partial charge in [0.05, 0.1) is 23.9 Å². The summed E-state index contributed by atoms with van der Waals surface area (Å²) in [6, 6.07) is 18.7. The quantitative estimate of drug-likeness (QED) is 0.305. The number of fused-ring (bicyclic) bond motifs is 1. The number of aromatic nitrogens is 2. The SMILES string of the molecule is COc1ccccc1-c1ccc(C(=O)N[C@@H]2CCC[C@H](Nc3cc(C(F)(F)F)nc4ccccc34)C2)cn1. The van der Waals surface area contributed by atoms with Crippen LogP contribution in [0.5, 0.6) is 5.75 Å². The van der Waals surface area contributed by atoms with E-state index in [-0.39, 0.29) is 23.5 Å². The van der Waals surface area contributed by atoms with E-state index < -0.39 is 11.9 Å². The van der Waals surface area contributed by atoms with E-state index in [0.29, 0.717) is 34.5 Å². The monoisotopic (exact) mass is 520 g/mol. The highest BCUT2D eigenvalue weighted by Gasteiger charge is 2.34. The fourth-order valence-electron chi connectivity index (χ4n) is 4.92. The lowest BCUT2D eigenvalue weighted by molar-refractivity contribution is -0.140. The second kappa shape index (κ2) is 10.7. The molecule has 1 aliphatic rings. The zero-order valence-electron chi connectivity index (χ0n) is 20.8. The number of hydrogen-bond donors (Lipinski definition) is 2. The fourth-order valence-corrected chi connectivity index (χ4v) is 4.92. The number of halogens is 3. The Morgan fingerprint density at radius 1 is 1.00 bits per heavy atom. The van der Waals surface area contributed by atoms with Crippen LogP contribution in [0.25, 0.3) is 22.2 Å². The Balaban J connectivity index is 1.27. The van der Waals surface area contributed by atoms with Gasteiger partial charge in [0, 0.05) is 34.9 Å². The second-order valence-corrected chi connectivity index (χ2v) is 9.38. The molecule has 2 aromatic carbocycles. The maximum atomic E-state index is 13.5. The van der Waals surface area contributed by atoms with Gasteiger partial charge in [0.1, 0.15) is 11.4 Å². The molecule has 6 nitrogen and oxygen atoms in total. The summed E-state index contributed by atoms with van der Waals surface area (Å²) in [6.45, 7) is 0. The number of pyridine rings is 2. The molecule has 0 radical (unpaired) electrons. The van der Waals surface area contributed by atoms with Crippen molar-refractivity contribution in [2.75, 3.05) is 12.4 Å². The smallest absolute Gasteiger partial charge is 0.433 e. The number of para-hydroxylation sites is 2. The maximum absolute atomic E-state index is 13.5. The lowest BCUT2D eigenvalue weighted by Crippen LogP contribution is -2.41. The van der Waals surface area contributed by atoms with Crippen molar-refractivity contribution >= 4 is 22.5 Å². The molecule has 38 heavy (non-hydrogen) atoms. The minimum absolute atomic E-state index is 0.0908. The summed E-state index contributed by atoms with van der Waals surface area (Å²) in [7, 11) is 1.60. The number of alkyl halides is 3. The van der Waals surface area contributed by atoms with Gasteiger partial charge in [0.2, 0.25) is 0 Å². The Hall–Kier alpha value is -4.14. The van der Waals surface area contributed by atoms with Crippen LogP contribution in [0.1, 0.15) is 41.7 Å². The van der Waals surface area contributed by atoms with Crippen LogP contribution in [0.3, 0.4) is 0 Å². The van der Waals surface area contributed by atoms with Crippen LogP contribution in [-0.2, 0) is 6.18 Å². The van der Waals surface area contributed by atoms with E-state index in [4.69, 9.17) is 4.74 Å². The minimum Gasteiger partial charge on any atom is -0.496 e. The number of amides is 1. The summed E-state index contributed by atoms with van der Waals surface area (Å²) in [5.41, 5.74) is 1.73. The summed E-state index contributed by atoms with van der Waals surface area (Å²) in [5, 5.41) is 7.00. The molecule has 2 heterocycles. The molecule has 1 aliphatic carbocycles. The van der Waals surface area contributed by atoms with Crippen LogP contribution in [0.15, 0.2) is 72.9 Å². The number of nitrogens with one attached hydrogen (secondary N) is 2. The Bertz CT molecular complexity index is 1440. The molecule has 1 fully saturated rings. The second-order valence-electron chi connectivity index (χ2n) is 9.38. The molecule has 0 saturated heterocycles. The summed E-state index contributed by atoms with van der Waals surface area (Å²) >= 11 is 0. The summed E-state index contributed by atoms with van der Waals surface area (Å²) in [5.74, 6) is 0.464. The van der Waals surface area contributed by atoms with E-state index in [1.165, 1.54) is 6.20 Å². The average molecular weight is 521 g/mol. The topological polar surface area (TPSA) is 76.1 Å². The van der Waals surface area contributed by atoms with Crippen molar-refractivity contribution in [2.24, 2.45) is 0 Å². The van der Waals surface area contributed by atoms with Crippen molar-refractivity contribution in [2.45, 2.75) is 43.9 Å². The molecule has 0 bridgehead atoms. The van der Waals surface area contributed by atoms with Gasteiger partial charge in [-0.05, 0) is 62.1 Å². The Morgan fingerprint density at radius 2 is 1.76 bits per heavy atom. The van der Waals surface area contributed by atoms with E-state index in [1.54, 1.807) is 43.5 Å². The van der Waals surface area contributed by atoms with E-state index in [0.717, 1.165) is 30.9 Å². The van der Waals surface area contributed by atoms with Crippen molar-refractivity contribution < 1.29 is 22.7 Å². The molecule has 2 N–H and O–H groups in total. The third-order valence-electron chi connectivity index (χ3n) is 6.78. The number of hydrogen-bond acceptors (Lipinski definition) is 5. The molecule has 0 spiro atoms. The van der Waals surface area contributed by atoms with E-state index in [2.05, 4.69) is 20.6 Å². The zero-order valence-corrected chi connectivity index (χ0v) is 20.8. The molecule has 2 aromatic heterocycles. The highest BCUT2D eigenvalue weighted by Crippen LogP contribution is 2.34. The number of nitrogens with zero attached hydrogens (tertiary/aromatic N) is 2. The first kappa shape index (κ1) is 25.5. The molecular formula is C29H27F3N4O2. The van der Waals surface area contributed by atoms with Crippen LogP contribution < -0.4 is 15.4 Å². The fraction of sp³-hybridized carbons (Fsp3) is 0.276. The van der Waals surface area contributed by atoms with Gasteiger partial charge in [-0.15, -0.1) is 0 Å². The molecule has 1 amide bonds. The summed E-state index contributed by atoms with van der Waals surface area (Å²) in [6.07, 6.45) is 0.0104. The lowest BCUT2D eigenvalue weighted by atomic mass is 9.90. The van der Waals surface area contributed by atoms with Crippen LogP contribution >= 0.6 is 0 Å². The summed E-state index contributed by atoms with van der Waals surface area (Å²) in [4.78, 5) is 21.2. The van der Waals surface area contributed by atoms with Gasteiger partial charge in [-0.2, -0.15) is 13.2 Å². The molecule has 2 atom stereocenters. The van der Waals surface area contributed by atoms with Crippen molar-refractivity contribution in [3.05, 3.63) is 84.2 Å². The predicted octanol–water partition coefficient (Wildman–Crippen LogP) is 6.48. The first-order chi connectivity index (χ1) is 18.3. The van der Waals surface area contributed by atoms with Gasteiger partial charge < -0.3 is 15.4 Å². The van der Waals surface area contributed by atoms with Crippen molar-refractivity contribution in [1.29, 1.82) is 0 Å². The molecule has 0 unspecified atom stereocenters. The van der Waals surface area contributed by atoms with E-state index in [9.17, 15) is 18.0 Å². The maximum Gasteiger partial charge on any atom is 0.433 e. The molecule has 9 heteroatoms. The van der Waals surface area contributed by atoms with Crippen molar-refractivity contribution in [3.63, 3.8) is 0 Å². The van der Waals surface area contributed by atoms with Crippen LogP contribution in [0.4, 0.5) is 18.9 Å². The number of methoxy groups -OCH3 is 1. The van der Waals surface area contributed by atoms with Gasteiger partial charge in [0.25, 0.3) is 5.91 Å². The van der Waals surface area contributed by atoms with Crippen LogP contribution in [0, 0.1) is 0 Å². The Morgan fingerprint density at radius 3 is 2.53 bits per heavy atom. The highest BCUT2D eigenvalue weighted by atomic mass is 19.4. The van der Waals surface area contributed by atoms with Crippen molar-refractivity contribution in [1.82, 2.24) is 15.3 Å². The first-order valence-corrected chi connectivity index (χ1v) is 12.5. The van der Waals surface area contributed by atoms with Gasteiger partial charge in [-0.3, -0.25) is 9.78 Å². The van der Waals surface area contributed by atoms with E-state index >= 15 is 0 Å². The van der Waals surface area contributed by atoms with Gasteiger partial charge >= 0.3 is 6.18 Å². The normalized spacial score (nSPS) is 17.7. The Labute approximate surface area is 218 Å². The largest absolute Gasteiger partial charge is 0.496 e. The number of rotatable bonds is 6. The number of anilines is 1. The molecule has 0 aliphatic heterocycles. The number of carbonyl (C=O) groups is 1. The molecule has 5 rings (SSSR count). The summed E-state index contributed by atoms with van der Waals surface area (Å²) < 4.78 is 45.7. The number of benzene rings is 2. The van der Waals surface area contributed by atoms with Gasteiger partial charge in [-0.25, -0.2) is 4.98 Å². The standard InChI is InChI=1S/C29H27F3N4O2/c1-38-26-12-5-3-10-22(26)23-14-13-18(17-33-23)28(37)35-20-8-6-7-19(15-20)34-25-16-27(29(30,31)32)36-24-11-4-2-9-21(24)25/h2-5,9-14,16-17,19-20H,6-8,15H2,1H3,(H,34,36)(H,35,37)/t19-,20+/m0/s1. The molecular weight excluding hydrogens is 493 g/mol. The van der Waals surface area contributed by atoms with Gasteiger partial charge in [-0.1, -0.05) is 30.3 Å². The average Bonchev–Trinajstić information content (AvgIpc) is 2.93. The number of carbonyl (C=O) groups excluding carboxylic acids is 1. The van der Waals surface area contributed by atoms with E-state index in [1.807, 2.05) is 24.3 Å². The van der Waals surface area contributed by atoms with Crippen LogP contribution in [-0.4, -0.2) is 35.1 Å². The van der Waals surface area contributed by atoms with Crippen molar-refractivity contribution in [3.8, 4) is 17.0 Å². The highest BCUT2D eigenvalue weighted by molar-refractivity contribution is 5.94. The zero-order chi connectivity index (χ0) is 26.7. The molecule has 1 saturated carbocycles. The Kier molecular flexibility index (Phi) is 7.18. The lowest BCUT2D eigenvalue weighted by Gasteiger charge is -2.31. The third kappa shape index (κ3) is 5.56. The predicted molar refractivity (Wildman–Crippen MR) is 140 cm³/mol.